The predicted octanol–water partition coefficient (Wildman–Crippen LogP) is -0.726. The van der Waals surface area contributed by atoms with E-state index in [9.17, 15) is 0 Å². The minimum atomic E-state index is -1.31. The van der Waals surface area contributed by atoms with Crippen LogP contribution in [0.25, 0.3) is 0 Å². The summed E-state index contributed by atoms with van der Waals surface area (Å²) in [6, 6.07) is 0. The Hall–Kier alpha value is -0.160. The molecule has 3 N–H and O–H groups in total. The zero-order valence-electron chi connectivity index (χ0n) is 5.76. The fraction of sp³-hybridized carbons (Fsp3) is 1.00. The fourth-order valence-corrected chi connectivity index (χ4v) is 0.413. The molecule has 0 fully saturated rings. The lowest BCUT2D eigenvalue weighted by molar-refractivity contribution is -0.235. The van der Waals surface area contributed by atoms with Crippen LogP contribution in [0.4, 0.5) is 0 Å². The highest BCUT2D eigenvalue weighted by Crippen LogP contribution is 2.00. The van der Waals surface area contributed by atoms with Gasteiger partial charge < -0.3 is 14.6 Å². The third-order valence-electron chi connectivity index (χ3n) is 0.955. The lowest BCUT2D eigenvalue weighted by Crippen LogP contribution is -2.48. The molecule has 1 unspecified atom stereocenters. The van der Waals surface area contributed by atoms with Crippen molar-refractivity contribution >= 4 is 0 Å². The quantitative estimate of drug-likeness (QED) is 0.499. The summed E-state index contributed by atoms with van der Waals surface area (Å²) in [7, 11) is 1.38. The van der Waals surface area contributed by atoms with Crippen LogP contribution in [0.5, 0.6) is 0 Å². The molecule has 0 spiro atoms. The zero-order chi connectivity index (χ0) is 7.33. The molecular formula is C5H13NO3. The number of nitrogens with two attached hydrogens (primary N) is 1. The second-order valence-electron chi connectivity index (χ2n) is 1.61. The Kier molecular flexibility index (Phi) is 3.72. The number of rotatable bonds is 4. The van der Waals surface area contributed by atoms with Crippen LogP contribution in [0.1, 0.15) is 6.92 Å². The second kappa shape index (κ2) is 3.79. The molecule has 0 aromatic heterocycles. The van der Waals surface area contributed by atoms with Crippen molar-refractivity contribution in [1.82, 2.24) is 0 Å². The highest BCUT2D eigenvalue weighted by Gasteiger charge is 2.22. The molecule has 0 aliphatic rings. The molecule has 4 heteroatoms. The van der Waals surface area contributed by atoms with Crippen molar-refractivity contribution in [3.63, 3.8) is 0 Å². The highest BCUT2D eigenvalue weighted by molar-refractivity contribution is 4.55. The summed E-state index contributed by atoms with van der Waals surface area (Å²) in [5, 5.41) is 8.54. The van der Waals surface area contributed by atoms with E-state index in [4.69, 9.17) is 15.6 Å². The summed E-state index contributed by atoms with van der Waals surface area (Å²) in [5.74, 6) is -1.31. The minimum Gasteiger partial charge on any atom is -0.389 e. The summed E-state index contributed by atoms with van der Waals surface area (Å²) in [4.78, 5) is 0. The Bertz CT molecular complexity index is 72.6. The van der Waals surface area contributed by atoms with E-state index < -0.39 is 5.91 Å². The van der Waals surface area contributed by atoms with Crippen LogP contribution in [0.2, 0.25) is 0 Å². The average molecular weight is 135 g/mol. The van der Waals surface area contributed by atoms with E-state index >= 15 is 0 Å². The first-order valence-corrected chi connectivity index (χ1v) is 2.77. The average Bonchev–Trinajstić information content (AvgIpc) is 1.89. The fourth-order valence-electron chi connectivity index (χ4n) is 0.413. The van der Waals surface area contributed by atoms with Gasteiger partial charge in [-0.2, -0.15) is 0 Å². The second-order valence-corrected chi connectivity index (χ2v) is 1.61. The number of hydrogen-bond donors (Lipinski definition) is 2. The van der Waals surface area contributed by atoms with Gasteiger partial charge in [-0.1, -0.05) is 0 Å². The van der Waals surface area contributed by atoms with Gasteiger partial charge in [0.2, 0.25) is 5.91 Å². The molecule has 0 heterocycles. The molecule has 0 saturated carbocycles. The van der Waals surface area contributed by atoms with E-state index in [1.807, 2.05) is 0 Å². The van der Waals surface area contributed by atoms with Gasteiger partial charge in [-0.15, -0.1) is 0 Å². The van der Waals surface area contributed by atoms with Crippen LogP contribution < -0.4 is 5.73 Å². The van der Waals surface area contributed by atoms with Crippen molar-refractivity contribution in [2.45, 2.75) is 12.8 Å². The van der Waals surface area contributed by atoms with Crippen LogP contribution in [-0.2, 0) is 9.47 Å². The number of ether oxygens (including phenoxy) is 2. The monoisotopic (exact) mass is 135 g/mol. The molecule has 0 aliphatic heterocycles. The molecule has 0 radical (unpaired) electrons. The molecule has 0 amide bonds. The van der Waals surface area contributed by atoms with Gasteiger partial charge in [0.1, 0.15) is 6.61 Å². The first kappa shape index (κ1) is 8.84. The Morgan fingerprint density at radius 1 is 1.67 bits per heavy atom. The molecule has 0 rings (SSSR count). The predicted molar refractivity (Wildman–Crippen MR) is 32.6 cm³/mol. The number of hydrogen-bond acceptors (Lipinski definition) is 4. The van der Waals surface area contributed by atoms with E-state index in [1.54, 1.807) is 6.92 Å². The first-order valence-electron chi connectivity index (χ1n) is 2.77. The molecule has 0 aromatic rings. The van der Waals surface area contributed by atoms with Gasteiger partial charge in [0.25, 0.3) is 0 Å². The number of aliphatic hydroxyl groups is 1. The smallest absolute Gasteiger partial charge is 0.248 e. The minimum absolute atomic E-state index is 0.336. The van der Waals surface area contributed by atoms with E-state index in [-0.39, 0.29) is 6.61 Å². The van der Waals surface area contributed by atoms with Crippen molar-refractivity contribution < 1.29 is 14.6 Å². The van der Waals surface area contributed by atoms with Crippen molar-refractivity contribution in [3.05, 3.63) is 0 Å². The van der Waals surface area contributed by atoms with Crippen LogP contribution in [0.3, 0.4) is 0 Å². The molecule has 0 bridgehead atoms. The maximum absolute atomic E-state index is 8.54. The third kappa shape index (κ3) is 2.76. The maximum atomic E-state index is 8.54. The maximum Gasteiger partial charge on any atom is 0.248 e. The van der Waals surface area contributed by atoms with Crippen molar-refractivity contribution in [3.8, 4) is 0 Å². The van der Waals surface area contributed by atoms with Crippen LogP contribution in [0, 0.1) is 0 Å². The zero-order valence-corrected chi connectivity index (χ0v) is 5.76. The SMILES string of the molecule is CCOC(N)(CO)OC. The summed E-state index contributed by atoms with van der Waals surface area (Å²) in [6.45, 7) is 1.86. The molecule has 1 atom stereocenters. The Labute approximate surface area is 54.6 Å². The molecule has 4 nitrogen and oxygen atoms in total. The van der Waals surface area contributed by atoms with Crippen LogP contribution in [0.15, 0.2) is 0 Å². The van der Waals surface area contributed by atoms with Gasteiger partial charge in [0.05, 0.1) is 0 Å². The molecule has 0 saturated heterocycles. The topological polar surface area (TPSA) is 64.7 Å². The van der Waals surface area contributed by atoms with Gasteiger partial charge in [0, 0.05) is 13.7 Å². The Morgan fingerprint density at radius 3 is 2.33 bits per heavy atom. The number of methoxy groups -OCH3 is 1. The molecular weight excluding hydrogens is 122 g/mol. The largest absolute Gasteiger partial charge is 0.389 e. The third-order valence-corrected chi connectivity index (χ3v) is 0.955. The lowest BCUT2D eigenvalue weighted by atomic mass is 10.5. The van der Waals surface area contributed by atoms with Gasteiger partial charge in [-0.05, 0) is 6.92 Å². The normalized spacial score (nSPS) is 17.3. The van der Waals surface area contributed by atoms with Gasteiger partial charge >= 0.3 is 0 Å². The van der Waals surface area contributed by atoms with Gasteiger partial charge in [0.15, 0.2) is 0 Å². The summed E-state index contributed by atoms with van der Waals surface area (Å²) in [5.41, 5.74) is 5.31. The van der Waals surface area contributed by atoms with Crippen molar-refractivity contribution in [1.29, 1.82) is 0 Å². The van der Waals surface area contributed by atoms with Crippen molar-refractivity contribution in [2.24, 2.45) is 5.73 Å². The van der Waals surface area contributed by atoms with Gasteiger partial charge in [-0.25, -0.2) is 0 Å². The first-order chi connectivity index (χ1) is 4.18. The Balaban J connectivity index is 3.62. The van der Waals surface area contributed by atoms with Crippen LogP contribution >= 0.6 is 0 Å². The van der Waals surface area contributed by atoms with E-state index in [0.717, 1.165) is 0 Å². The standard InChI is InChI=1S/C5H13NO3/c1-3-9-5(6,4-7)8-2/h7H,3-4,6H2,1-2H3. The summed E-state index contributed by atoms with van der Waals surface area (Å²) >= 11 is 0. The molecule has 56 valence electrons. The summed E-state index contributed by atoms with van der Waals surface area (Å²) < 4.78 is 9.47. The number of aliphatic hydroxyl groups excluding tert-OH is 1. The molecule has 0 aromatic carbocycles. The lowest BCUT2D eigenvalue weighted by Gasteiger charge is -2.24. The molecule has 9 heavy (non-hydrogen) atoms. The molecule has 0 aliphatic carbocycles. The van der Waals surface area contributed by atoms with E-state index in [0.29, 0.717) is 6.61 Å². The van der Waals surface area contributed by atoms with E-state index in [2.05, 4.69) is 4.74 Å². The highest BCUT2D eigenvalue weighted by atomic mass is 16.7. The van der Waals surface area contributed by atoms with Crippen molar-refractivity contribution in [2.75, 3.05) is 20.3 Å². The van der Waals surface area contributed by atoms with Gasteiger partial charge in [-0.3, -0.25) is 5.73 Å². The van der Waals surface area contributed by atoms with Crippen LogP contribution in [-0.4, -0.2) is 31.3 Å². The van der Waals surface area contributed by atoms with E-state index in [1.165, 1.54) is 7.11 Å². The Morgan fingerprint density at radius 2 is 2.22 bits per heavy atom. The summed E-state index contributed by atoms with van der Waals surface area (Å²) in [6.07, 6.45) is 0.